The Balaban J connectivity index is 1.49. The number of hydrogen-bond acceptors (Lipinski definition) is 8. The van der Waals surface area contributed by atoms with Gasteiger partial charge in [-0.2, -0.15) is 20.1 Å². The molecule has 0 unspecified atom stereocenters. The predicted molar refractivity (Wildman–Crippen MR) is 129 cm³/mol. The highest BCUT2D eigenvalue weighted by Crippen LogP contribution is 2.31. The molecule has 1 fully saturated rings. The van der Waals surface area contributed by atoms with Crippen LogP contribution < -0.4 is 15.8 Å². The number of fused-ring (bicyclic) bond motifs is 2. The Labute approximate surface area is 200 Å². The van der Waals surface area contributed by atoms with Crippen molar-refractivity contribution in [1.29, 1.82) is 0 Å². The third kappa shape index (κ3) is 3.87. The fourth-order valence-corrected chi connectivity index (χ4v) is 4.35. The minimum Gasteiger partial charge on any atom is -0.333 e. The van der Waals surface area contributed by atoms with Crippen LogP contribution in [0.25, 0.3) is 33.2 Å². The van der Waals surface area contributed by atoms with E-state index in [1.165, 1.54) is 12.1 Å². The first-order valence-corrected chi connectivity index (χ1v) is 11.2. The van der Waals surface area contributed by atoms with Gasteiger partial charge in [0.05, 0.1) is 28.0 Å². The van der Waals surface area contributed by atoms with Gasteiger partial charge < -0.3 is 10.2 Å². The molecule has 11 nitrogen and oxygen atoms in total. The van der Waals surface area contributed by atoms with Crippen molar-refractivity contribution in [2.24, 2.45) is 0 Å². The summed E-state index contributed by atoms with van der Waals surface area (Å²) in [7, 11) is 0. The van der Waals surface area contributed by atoms with E-state index >= 15 is 0 Å². The lowest BCUT2D eigenvalue weighted by atomic mass is 10.1. The van der Waals surface area contributed by atoms with Crippen molar-refractivity contribution >= 4 is 56.9 Å². The number of halogens is 2. The lowest BCUT2D eigenvalue weighted by molar-refractivity contribution is -0.118. The molecule has 6 rings (SSSR count). The van der Waals surface area contributed by atoms with Crippen molar-refractivity contribution < 1.29 is 9.18 Å². The molecule has 0 amide bonds. The van der Waals surface area contributed by atoms with Crippen molar-refractivity contribution in [1.82, 2.24) is 35.3 Å². The third-order valence-corrected chi connectivity index (χ3v) is 6.13. The molecule has 0 atom stereocenters. The second-order valence-electron chi connectivity index (χ2n) is 8.19. The first-order chi connectivity index (χ1) is 16.9. The number of carbonyl (C=O) groups excluding carboxylic acids is 1. The molecule has 0 bridgehead atoms. The number of nitrogens with one attached hydrogen (secondary N) is 4. The Morgan fingerprint density at radius 3 is 2.77 bits per heavy atom. The second kappa shape index (κ2) is 8.17. The topological polar surface area (TPSA) is 148 Å². The average molecular weight is 494 g/mol. The molecule has 1 aliphatic rings. The number of aromatic nitrogens is 7. The van der Waals surface area contributed by atoms with E-state index in [-0.39, 0.29) is 35.6 Å². The SMILES string of the molecule is O=C1CCCN(c2nc(Nc3n[nH]c4ccc(F)cc34)nc(-c3cc4c(=O)[nH][nH]c4cc3Cl)n2)C1. The van der Waals surface area contributed by atoms with Crippen LogP contribution in [0, 0.1) is 5.82 Å². The number of hydrogen-bond donors (Lipinski definition) is 4. The van der Waals surface area contributed by atoms with Gasteiger partial charge in [0.25, 0.3) is 5.56 Å². The molecule has 2 aromatic carbocycles. The molecule has 5 aromatic rings. The number of nitrogens with zero attached hydrogens (tertiary/aromatic N) is 5. The molecule has 3 aromatic heterocycles. The molecule has 13 heteroatoms. The maximum Gasteiger partial charge on any atom is 0.271 e. The molecule has 0 aliphatic carbocycles. The van der Waals surface area contributed by atoms with Crippen LogP contribution in [0.3, 0.4) is 0 Å². The Bertz CT molecular complexity index is 1680. The van der Waals surface area contributed by atoms with E-state index in [4.69, 9.17) is 11.6 Å². The number of aromatic amines is 3. The van der Waals surface area contributed by atoms with Gasteiger partial charge in [0.1, 0.15) is 5.82 Å². The van der Waals surface area contributed by atoms with Gasteiger partial charge in [0.2, 0.25) is 11.9 Å². The molecule has 0 spiro atoms. The minimum atomic E-state index is -0.414. The van der Waals surface area contributed by atoms with E-state index in [1.54, 1.807) is 23.1 Å². The quantitative estimate of drug-likeness (QED) is 0.298. The molecule has 0 saturated carbocycles. The van der Waals surface area contributed by atoms with Crippen molar-refractivity contribution in [2.75, 3.05) is 23.3 Å². The number of piperidine rings is 1. The summed E-state index contributed by atoms with van der Waals surface area (Å²) in [6.45, 7) is 0.763. The molecule has 176 valence electrons. The normalized spacial score (nSPS) is 14.2. The summed E-state index contributed by atoms with van der Waals surface area (Å²) in [5.74, 6) is 0.591. The smallest absolute Gasteiger partial charge is 0.271 e. The highest BCUT2D eigenvalue weighted by atomic mass is 35.5. The van der Waals surface area contributed by atoms with Crippen LogP contribution in [0.15, 0.2) is 35.1 Å². The fraction of sp³-hybridized carbons (Fsp3) is 0.182. The summed E-state index contributed by atoms with van der Waals surface area (Å²) in [5, 5.41) is 16.6. The van der Waals surface area contributed by atoms with E-state index < -0.39 is 5.82 Å². The largest absolute Gasteiger partial charge is 0.333 e. The zero-order chi connectivity index (χ0) is 24.1. The summed E-state index contributed by atoms with van der Waals surface area (Å²) >= 11 is 6.52. The maximum absolute atomic E-state index is 13.8. The highest BCUT2D eigenvalue weighted by Gasteiger charge is 2.23. The summed E-state index contributed by atoms with van der Waals surface area (Å²) in [5.41, 5.74) is 1.28. The third-order valence-electron chi connectivity index (χ3n) is 5.82. The zero-order valence-corrected chi connectivity index (χ0v) is 18.8. The van der Waals surface area contributed by atoms with Gasteiger partial charge in [0, 0.05) is 23.9 Å². The van der Waals surface area contributed by atoms with Crippen molar-refractivity contribution in [2.45, 2.75) is 12.8 Å². The van der Waals surface area contributed by atoms with E-state index in [0.717, 1.165) is 0 Å². The van der Waals surface area contributed by atoms with Gasteiger partial charge in [-0.1, -0.05) is 11.6 Å². The van der Waals surface area contributed by atoms with Crippen LogP contribution in [0.4, 0.5) is 22.1 Å². The lowest BCUT2D eigenvalue weighted by Crippen LogP contribution is -2.37. The number of H-pyrrole nitrogens is 3. The Hall–Kier alpha value is -4.32. The van der Waals surface area contributed by atoms with Crippen LogP contribution in [-0.2, 0) is 4.79 Å². The summed E-state index contributed by atoms with van der Waals surface area (Å²) in [6.07, 6.45) is 1.18. The predicted octanol–water partition coefficient (Wildman–Crippen LogP) is 3.29. The van der Waals surface area contributed by atoms with Gasteiger partial charge in [-0.15, -0.1) is 0 Å². The number of anilines is 3. The van der Waals surface area contributed by atoms with Crippen molar-refractivity contribution in [3.8, 4) is 11.4 Å². The number of benzene rings is 2. The van der Waals surface area contributed by atoms with Gasteiger partial charge in [-0.25, -0.2) is 4.39 Å². The zero-order valence-electron chi connectivity index (χ0n) is 18.0. The molecule has 4 N–H and O–H groups in total. The number of Topliss-reactive ketones (excluding diaryl/α,β-unsaturated/α-hetero) is 1. The number of carbonyl (C=O) groups is 1. The van der Waals surface area contributed by atoms with Gasteiger partial charge in [0.15, 0.2) is 17.4 Å². The molecular formula is C22H17ClFN9O2. The minimum absolute atomic E-state index is 0.0831. The molecule has 0 radical (unpaired) electrons. The molecular weight excluding hydrogens is 477 g/mol. The lowest BCUT2D eigenvalue weighted by Gasteiger charge is -2.26. The van der Waals surface area contributed by atoms with E-state index in [1.807, 2.05) is 0 Å². The van der Waals surface area contributed by atoms with Crippen LogP contribution >= 0.6 is 11.6 Å². The average Bonchev–Trinajstić information content (AvgIpc) is 3.41. The van der Waals surface area contributed by atoms with Crippen LogP contribution in [0.2, 0.25) is 5.02 Å². The molecule has 1 aliphatic heterocycles. The molecule has 1 saturated heterocycles. The summed E-state index contributed by atoms with van der Waals surface area (Å²) in [4.78, 5) is 39.6. The fourth-order valence-electron chi connectivity index (χ4n) is 4.11. The monoisotopic (exact) mass is 493 g/mol. The number of ketones is 1. The Morgan fingerprint density at radius 1 is 1.03 bits per heavy atom. The van der Waals surface area contributed by atoms with E-state index in [2.05, 4.69) is 40.7 Å². The van der Waals surface area contributed by atoms with Crippen LogP contribution in [-0.4, -0.2) is 54.2 Å². The van der Waals surface area contributed by atoms with Gasteiger partial charge in [-0.3, -0.25) is 24.9 Å². The second-order valence-corrected chi connectivity index (χ2v) is 8.60. The number of rotatable bonds is 4. The molecule has 35 heavy (non-hydrogen) atoms. The van der Waals surface area contributed by atoms with Crippen molar-refractivity contribution in [3.63, 3.8) is 0 Å². The Kier molecular flexibility index (Phi) is 4.95. The standard InChI is InChI=1S/C22H17ClFN9O2/c23-15-8-17-14(20(35)32-30-17)7-12(15)18-25-21(28-22(27-18)33-5-1-2-11(34)9-33)26-19-13-6-10(24)3-4-16(13)29-31-19/h3-4,6-8H,1-2,5,9H2,(H2,30,32,35)(H2,25,26,27,28,29,31). The van der Waals surface area contributed by atoms with Gasteiger partial charge in [-0.05, 0) is 36.8 Å². The Morgan fingerprint density at radius 2 is 1.91 bits per heavy atom. The van der Waals surface area contributed by atoms with Crippen molar-refractivity contribution in [3.05, 3.63) is 51.5 Å². The van der Waals surface area contributed by atoms with Crippen LogP contribution in [0.5, 0.6) is 0 Å². The highest BCUT2D eigenvalue weighted by molar-refractivity contribution is 6.34. The summed E-state index contributed by atoms with van der Waals surface area (Å²) < 4.78 is 13.8. The van der Waals surface area contributed by atoms with Gasteiger partial charge >= 0.3 is 0 Å². The van der Waals surface area contributed by atoms with E-state index in [9.17, 15) is 14.0 Å². The maximum atomic E-state index is 13.8. The first-order valence-electron chi connectivity index (χ1n) is 10.8. The summed E-state index contributed by atoms with van der Waals surface area (Å²) in [6, 6.07) is 7.45. The van der Waals surface area contributed by atoms with E-state index in [0.29, 0.717) is 57.6 Å². The molecule has 4 heterocycles. The first kappa shape index (κ1) is 21.2. The van der Waals surface area contributed by atoms with Crippen LogP contribution in [0.1, 0.15) is 12.8 Å².